The number of ketones is 1. The van der Waals surface area contributed by atoms with Crippen LogP contribution in [-0.4, -0.2) is 39.2 Å². The van der Waals surface area contributed by atoms with Crippen LogP contribution in [0.1, 0.15) is 50.5 Å². The van der Waals surface area contributed by atoms with Gasteiger partial charge in [0.15, 0.2) is 0 Å². The number of benzene rings is 1. The third-order valence-corrected chi connectivity index (χ3v) is 6.95. The number of carbonyl (C=O) groups is 2. The van der Waals surface area contributed by atoms with Crippen LogP contribution in [0.4, 0.5) is 13.2 Å². The van der Waals surface area contributed by atoms with Crippen molar-refractivity contribution in [1.82, 2.24) is 14.5 Å². The predicted octanol–water partition coefficient (Wildman–Crippen LogP) is 5.81. The fourth-order valence-corrected chi connectivity index (χ4v) is 4.87. The molecule has 1 amide bonds. The third-order valence-electron chi connectivity index (χ3n) is 6.24. The van der Waals surface area contributed by atoms with Crippen molar-refractivity contribution in [2.45, 2.75) is 25.9 Å². The summed E-state index contributed by atoms with van der Waals surface area (Å²) in [6, 6.07) is 7.39. The van der Waals surface area contributed by atoms with E-state index in [1.54, 1.807) is 4.90 Å². The van der Waals surface area contributed by atoms with Crippen LogP contribution in [0.2, 0.25) is 10.0 Å². The largest absolute Gasteiger partial charge is 0.433 e. The Labute approximate surface area is 208 Å². The molecule has 1 aliphatic rings. The van der Waals surface area contributed by atoms with Crippen molar-refractivity contribution >= 4 is 45.9 Å². The highest BCUT2D eigenvalue weighted by atomic mass is 35.5. The molecule has 0 saturated carbocycles. The number of rotatable bonds is 3. The van der Waals surface area contributed by atoms with E-state index in [1.807, 2.05) is 0 Å². The molecule has 0 radical (unpaired) electrons. The van der Waals surface area contributed by atoms with E-state index in [9.17, 15) is 22.8 Å². The number of aromatic nitrogens is 2. The minimum absolute atomic E-state index is 0.00524. The molecule has 6 nitrogen and oxygen atoms in total. The van der Waals surface area contributed by atoms with Crippen LogP contribution in [0.3, 0.4) is 0 Å². The second-order valence-electron chi connectivity index (χ2n) is 8.46. The number of halogens is 5. The smallest absolute Gasteiger partial charge is 0.339 e. The fraction of sp³-hybridized carbons (Fsp3) is 0.333. The quantitative estimate of drug-likeness (QED) is 0.406. The van der Waals surface area contributed by atoms with Gasteiger partial charge in [-0.15, -0.1) is 0 Å². The monoisotopic (exact) mass is 522 g/mol. The Bertz CT molecular complexity index is 1400. The molecule has 1 aromatic carbocycles. The molecule has 1 fully saturated rings. The summed E-state index contributed by atoms with van der Waals surface area (Å²) < 4.78 is 41.0. The van der Waals surface area contributed by atoms with Crippen LogP contribution in [-0.2, 0) is 13.2 Å². The number of alkyl halides is 3. The molecule has 3 heterocycles. The summed E-state index contributed by atoms with van der Waals surface area (Å²) in [4.78, 5) is 31.9. The van der Waals surface area contributed by atoms with E-state index < -0.39 is 17.7 Å². The highest BCUT2D eigenvalue weighted by Gasteiger charge is 2.34. The molecule has 0 unspecified atom stereocenters. The van der Waals surface area contributed by atoms with Gasteiger partial charge in [0.25, 0.3) is 5.91 Å². The molecule has 2 aromatic heterocycles. The summed E-state index contributed by atoms with van der Waals surface area (Å²) in [6.07, 6.45) is -3.56. The summed E-state index contributed by atoms with van der Waals surface area (Å²) >= 11 is 12.8. The first-order valence-corrected chi connectivity index (χ1v) is 11.5. The number of amides is 1. The number of fused-ring (bicyclic) bond motifs is 1. The fourth-order valence-electron chi connectivity index (χ4n) is 4.25. The summed E-state index contributed by atoms with van der Waals surface area (Å²) in [5, 5.41) is 9.32. The standard InChI is InChI=1S/C24H19Cl2F3N4O2/c1-12-9-18(24(27,28)29)31-22-15(12)10-17(32(22)2)21(34)19-16(25)4-3-14(20(19)26)23(35)33-7-5-13(11-30)6-8-33/h3-4,9-10,13H,5-8H2,1-2H3. The van der Waals surface area contributed by atoms with Crippen LogP contribution in [0.5, 0.6) is 0 Å². The van der Waals surface area contributed by atoms with Gasteiger partial charge in [0.2, 0.25) is 5.78 Å². The lowest BCUT2D eigenvalue weighted by atomic mass is 9.97. The van der Waals surface area contributed by atoms with Crippen molar-refractivity contribution < 1.29 is 22.8 Å². The zero-order chi connectivity index (χ0) is 25.7. The summed E-state index contributed by atoms with van der Waals surface area (Å²) in [5.41, 5.74) is -0.781. The summed E-state index contributed by atoms with van der Waals surface area (Å²) in [7, 11) is 1.43. The van der Waals surface area contributed by atoms with Gasteiger partial charge in [-0.1, -0.05) is 23.2 Å². The lowest BCUT2D eigenvalue weighted by Crippen LogP contribution is -2.38. The topological polar surface area (TPSA) is 79.0 Å². The third kappa shape index (κ3) is 4.48. The number of piperidine rings is 1. The van der Waals surface area contributed by atoms with Crippen molar-refractivity contribution in [1.29, 1.82) is 5.26 Å². The maximum atomic E-state index is 13.5. The number of hydrogen-bond donors (Lipinski definition) is 0. The van der Waals surface area contributed by atoms with Crippen molar-refractivity contribution in [3.05, 3.63) is 62.4 Å². The lowest BCUT2D eigenvalue weighted by molar-refractivity contribution is -0.141. The van der Waals surface area contributed by atoms with Crippen LogP contribution in [0.25, 0.3) is 11.0 Å². The number of nitriles is 1. The molecule has 11 heteroatoms. The SMILES string of the molecule is Cc1cc(C(F)(F)F)nc2c1cc(C(=O)c1c(Cl)ccc(C(=O)N3CCC(C#N)CC3)c1Cl)n2C. The van der Waals surface area contributed by atoms with Crippen LogP contribution < -0.4 is 0 Å². The van der Waals surface area contributed by atoms with Crippen molar-refractivity contribution in [2.75, 3.05) is 13.1 Å². The Balaban J connectivity index is 1.75. The molecule has 0 atom stereocenters. The molecule has 0 aliphatic carbocycles. The molecule has 0 bridgehead atoms. The second-order valence-corrected chi connectivity index (χ2v) is 9.24. The Morgan fingerprint density at radius 3 is 2.43 bits per heavy atom. The van der Waals surface area contributed by atoms with Gasteiger partial charge in [0, 0.05) is 31.4 Å². The first kappa shape index (κ1) is 25.0. The first-order chi connectivity index (χ1) is 16.4. The van der Waals surface area contributed by atoms with Gasteiger partial charge in [0.1, 0.15) is 11.3 Å². The Hall–Kier alpha value is -3.09. The number of hydrogen-bond acceptors (Lipinski definition) is 4. The highest BCUT2D eigenvalue weighted by molar-refractivity contribution is 6.42. The van der Waals surface area contributed by atoms with E-state index in [-0.39, 0.29) is 44.3 Å². The van der Waals surface area contributed by atoms with Crippen LogP contribution in [0.15, 0.2) is 24.3 Å². The minimum atomic E-state index is -4.64. The molecule has 1 saturated heterocycles. The maximum absolute atomic E-state index is 13.5. The Morgan fingerprint density at radius 1 is 1.17 bits per heavy atom. The molecule has 0 spiro atoms. The average molecular weight is 523 g/mol. The number of likely N-dealkylation sites (tertiary alicyclic amines) is 1. The lowest BCUT2D eigenvalue weighted by Gasteiger charge is -2.29. The average Bonchev–Trinajstić information content (AvgIpc) is 3.15. The zero-order valence-electron chi connectivity index (χ0n) is 18.7. The number of pyridine rings is 1. The molecule has 1 aliphatic heterocycles. The van der Waals surface area contributed by atoms with Crippen LogP contribution >= 0.6 is 23.2 Å². The van der Waals surface area contributed by atoms with Gasteiger partial charge < -0.3 is 9.47 Å². The number of carbonyl (C=O) groups excluding carboxylic acids is 2. The molecule has 4 rings (SSSR count). The predicted molar refractivity (Wildman–Crippen MR) is 125 cm³/mol. The Morgan fingerprint density at radius 2 is 1.83 bits per heavy atom. The Kier molecular flexibility index (Phi) is 6.56. The second kappa shape index (κ2) is 9.17. The van der Waals surface area contributed by atoms with Gasteiger partial charge in [-0.25, -0.2) is 4.98 Å². The van der Waals surface area contributed by atoms with E-state index in [1.165, 1.54) is 36.7 Å². The summed E-state index contributed by atoms with van der Waals surface area (Å²) in [6.45, 7) is 2.27. The number of nitrogens with zero attached hydrogens (tertiary/aromatic N) is 4. The number of aryl methyl sites for hydroxylation is 2. The molecule has 0 N–H and O–H groups in total. The normalized spacial score (nSPS) is 14.9. The van der Waals surface area contributed by atoms with E-state index >= 15 is 0 Å². The summed E-state index contributed by atoms with van der Waals surface area (Å²) in [5.74, 6) is -1.15. The van der Waals surface area contributed by atoms with Gasteiger partial charge in [-0.3, -0.25) is 9.59 Å². The molecular weight excluding hydrogens is 504 g/mol. The zero-order valence-corrected chi connectivity index (χ0v) is 20.2. The first-order valence-electron chi connectivity index (χ1n) is 10.7. The van der Waals surface area contributed by atoms with E-state index in [2.05, 4.69) is 11.1 Å². The molecular formula is C24H19Cl2F3N4O2. The van der Waals surface area contributed by atoms with E-state index in [4.69, 9.17) is 28.5 Å². The van der Waals surface area contributed by atoms with Gasteiger partial charge >= 0.3 is 6.18 Å². The van der Waals surface area contributed by atoms with Gasteiger partial charge in [0.05, 0.1) is 32.9 Å². The van der Waals surface area contributed by atoms with Crippen LogP contribution in [0, 0.1) is 24.2 Å². The minimum Gasteiger partial charge on any atom is -0.339 e. The van der Waals surface area contributed by atoms with Crippen molar-refractivity contribution in [3.63, 3.8) is 0 Å². The van der Waals surface area contributed by atoms with Gasteiger partial charge in [-0.05, 0) is 49.6 Å². The van der Waals surface area contributed by atoms with Gasteiger partial charge in [-0.2, -0.15) is 18.4 Å². The van der Waals surface area contributed by atoms with Crippen molar-refractivity contribution in [3.8, 4) is 6.07 Å². The maximum Gasteiger partial charge on any atom is 0.433 e. The van der Waals surface area contributed by atoms with E-state index in [0.717, 1.165) is 6.07 Å². The molecule has 3 aromatic rings. The molecule has 35 heavy (non-hydrogen) atoms. The highest BCUT2D eigenvalue weighted by Crippen LogP contribution is 2.35. The van der Waals surface area contributed by atoms with Crippen molar-refractivity contribution in [2.24, 2.45) is 13.0 Å². The molecule has 182 valence electrons. The van der Waals surface area contributed by atoms with E-state index in [0.29, 0.717) is 36.9 Å².